The summed E-state index contributed by atoms with van der Waals surface area (Å²) in [5, 5.41) is 9.43. The largest absolute Gasteiger partial charge is 0.480 e. The highest BCUT2D eigenvalue weighted by molar-refractivity contribution is 7.99. The predicted molar refractivity (Wildman–Crippen MR) is 76.4 cm³/mol. The van der Waals surface area contributed by atoms with Gasteiger partial charge in [0.1, 0.15) is 6.54 Å². The van der Waals surface area contributed by atoms with E-state index < -0.39 is 24.0 Å². The minimum absolute atomic E-state index is 0.0547. The molecule has 0 atom stereocenters. The van der Waals surface area contributed by atoms with Crippen LogP contribution in [0.5, 0.6) is 0 Å². The standard InChI is InChI=1S/C13H12N2O5S/c1-20-11(18)7-21-13-14-9-5-3-2-4-8(9)12(19)15(13)6-10(16)17/h2-5H,6-7H2,1H3,(H,16,17). The van der Waals surface area contributed by atoms with Gasteiger partial charge in [-0.05, 0) is 12.1 Å². The Morgan fingerprint density at radius 2 is 2.10 bits per heavy atom. The summed E-state index contributed by atoms with van der Waals surface area (Å²) >= 11 is 0.965. The van der Waals surface area contributed by atoms with Gasteiger partial charge in [-0.25, -0.2) is 4.98 Å². The number of carboxylic acids is 1. The Labute approximate surface area is 123 Å². The molecule has 21 heavy (non-hydrogen) atoms. The normalized spacial score (nSPS) is 10.5. The van der Waals surface area contributed by atoms with Gasteiger partial charge in [-0.1, -0.05) is 23.9 Å². The number of para-hydroxylation sites is 1. The van der Waals surface area contributed by atoms with Crippen LogP contribution in [0.4, 0.5) is 0 Å². The van der Waals surface area contributed by atoms with Crippen molar-refractivity contribution in [2.24, 2.45) is 0 Å². The molecule has 2 aromatic rings. The lowest BCUT2D eigenvalue weighted by atomic mass is 10.2. The van der Waals surface area contributed by atoms with Crippen molar-refractivity contribution < 1.29 is 19.4 Å². The Balaban J connectivity index is 2.52. The van der Waals surface area contributed by atoms with E-state index in [1.807, 2.05) is 0 Å². The summed E-state index contributed by atoms with van der Waals surface area (Å²) in [4.78, 5) is 38.7. The van der Waals surface area contributed by atoms with Crippen molar-refractivity contribution in [2.45, 2.75) is 11.7 Å². The van der Waals surface area contributed by atoms with Crippen LogP contribution in [0.1, 0.15) is 0 Å². The smallest absolute Gasteiger partial charge is 0.323 e. The fourth-order valence-corrected chi connectivity index (χ4v) is 2.55. The van der Waals surface area contributed by atoms with E-state index in [9.17, 15) is 14.4 Å². The third kappa shape index (κ3) is 3.40. The number of carbonyl (C=O) groups excluding carboxylic acids is 1. The molecule has 0 saturated carbocycles. The first kappa shape index (κ1) is 15.0. The molecule has 1 aromatic carbocycles. The molecule has 110 valence electrons. The first-order valence-corrected chi connectivity index (χ1v) is 6.92. The second kappa shape index (κ2) is 6.40. The van der Waals surface area contributed by atoms with Gasteiger partial charge in [-0.15, -0.1) is 0 Å². The highest BCUT2D eigenvalue weighted by Gasteiger charge is 2.15. The number of hydrogen-bond acceptors (Lipinski definition) is 6. The summed E-state index contributed by atoms with van der Waals surface area (Å²) in [5.74, 6) is -1.70. The molecular weight excluding hydrogens is 296 g/mol. The van der Waals surface area contributed by atoms with E-state index >= 15 is 0 Å². The van der Waals surface area contributed by atoms with E-state index in [2.05, 4.69) is 9.72 Å². The van der Waals surface area contributed by atoms with E-state index in [0.717, 1.165) is 16.3 Å². The zero-order chi connectivity index (χ0) is 15.4. The average molecular weight is 308 g/mol. The monoisotopic (exact) mass is 308 g/mol. The molecule has 1 heterocycles. The maximum atomic E-state index is 12.3. The Hall–Kier alpha value is -2.35. The molecule has 1 aromatic heterocycles. The van der Waals surface area contributed by atoms with Crippen molar-refractivity contribution in [3.05, 3.63) is 34.6 Å². The van der Waals surface area contributed by atoms with Gasteiger partial charge in [0.25, 0.3) is 5.56 Å². The second-order valence-corrected chi connectivity index (χ2v) is 5.00. The van der Waals surface area contributed by atoms with Crippen molar-refractivity contribution >= 4 is 34.6 Å². The zero-order valence-electron chi connectivity index (χ0n) is 11.1. The molecule has 1 N–H and O–H groups in total. The molecular formula is C13H12N2O5S. The molecule has 0 aliphatic carbocycles. The van der Waals surface area contributed by atoms with Crippen LogP contribution in [0.3, 0.4) is 0 Å². The average Bonchev–Trinajstić information content (AvgIpc) is 2.47. The van der Waals surface area contributed by atoms with E-state index in [-0.39, 0.29) is 10.9 Å². The van der Waals surface area contributed by atoms with Crippen LogP contribution in [0.25, 0.3) is 10.9 Å². The molecule has 0 bridgehead atoms. The van der Waals surface area contributed by atoms with Crippen molar-refractivity contribution in [2.75, 3.05) is 12.9 Å². The Bertz CT molecular complexity index is 756. The Morgan fingerprint density at radius 1 is 1.38 bits per heavy atom. The number of carbonyl (C=O) groups is 2. The summed E-state index contributed by atoms with van der Waals surface area (Å²) in [7, 11) is 1.25. The van der Waals surface area contributed by atoms with Crippen LogP contribution in [0.15, 0.2) is 34.2 Å². The van der Waals surface area contributed by atoms with E-state index in [0.29, 0.717) is 10.9 Å². The first-order chi connectivity index (χ1) is 10.0. The maximum Gasteiger partial charge on any atom is 0.323 e. The topological polar surface area (TPSA) is 98.5 Å². The minimum atomic E-state index is -1.16. The van der Waals surface area contributed by atoms with Crippen molar-refractivity contribution in [1.82, 2.24) is 9.55 Å². The van der Waals surface area contributed by atoms with E-state index in [4.69, 9.17) is 5.11 Å². The van der Waals surface area contributed by atoms with Gasteiger partial charge in [0, 0.05) is 0 Å². The van der Waals surface area contributed by atoms with Gasteiger partial charge in [0.15, 0.2) is 5.16 Å². The van der Waals surface area contributed by atoms with Crippen molar-refractivity contribution in [1.29, 1.82) is 0 Å². The van der Waals surface area contributed by atoms with Crippen LogP contribution in [0.2, 0.25) is 0 Å². The van der Waals surface area contributed by atoms with Gasteiger partial charge in [0.05, 0.1) is 23.8 Å². The Morgan fingerprint density at radius 3 is 2.76 bits per heavy atom. The molecule has 0 fully saturated rings. The summed E-state index contributed by atoms with van der Waals surface area (Å²) in [6.45, 7) is -0.514. The number of ether oxygens (including phenoxy) is 1. The highest BCUT2D eigenvalue weighted by atomic mass is 32.2. The van der Waals surface area contributed by atoms with Gasteiger partial charge in [-0.2, -0.15) is 0 Å². The lowest BCUT2D eigenvalue weighted by molar-refractivity contribution is -0.138. The molecule has 0 spiro atoms. The lowest BCUT2D eigenvalue weighted by Gasteiger charge is -2.10. The number of aromatic nitrogens is 2. The molecule has 0 unspecified atom stereocenters. The lowest BCUT2D eigenvalue weighted by Crippen LogP contribution is -2.27. The number of thioether (sulfide) groups is 1. The fraction of sp³-hybridized carbons (Fsp3) is 0.231. The number of methoxy groups -OCH3 is 1. The van der Waals surface area contributed by atoms with E-state index in [1.165, 1.54) is 7.11 Å². The number of nitrogens with zero attached hydrogens (tertiary/aromatic N) is 2. The highest BCUT2D eigenvalue weighted by Crippen LogP contribution is 2.17. The molecule has 7 nitrogen and oxygen atoms in total. The third-order valence-electron chi connectivity index (χ3n) is 2.67. The zero-order valence-corrected chi connectivity index (χ0v) is 11.9. The molecule has 0 saturated heterocycles. The van der Waals surface area contributed by atoms with Crippen LogP contribution in [0, 0.1) is 0 Å². The fourth-order valence-electron chi connectivity index (χ4n) is 1.71. The van der Waals surface area contributed by atoms with Crippen molar-refractivity contribution in [3.8, 4) is 0 Å². The van der Waals surface area contributed by atoms with Gasteiger partial charge >= 0.3 is 11.9 Å². The van der Waals surface area contributed by atoms with Crippen LogP contribution < -0.4 is 5.56 Å². The number of rotatable bonds is 5. The maximum absolute atomic E-state index is 12.3. The van der Waals surface area contributed by atoms with Crippen LogP contribution in [-0.2, 0) is 20.9 Å². The van der Waals surface area contributed by atoms with Gasteiger partial charge in [-0.3, -0.25) is 19.0 Å². The SMILES string of the molecule is COC(=O)CSc1nc2ccccc2c(=O)n1CC(=O)O. The predicted octanol–water partition coefficient (Wildman–Crippen LogP) is 0.746. The summed E-state index contributed by atoms with van der Waals surface area (Å²) in [6, 6.07) is 6.64. The molecule has 0 radical (unpaired) electrons. The van der Waals surface area contributed by atoms with E-state index in [1.54, 1.807) is 24.3 Å². The number of hydrogen-bond donors (Lipinski definition) is 1. The van der Waals surface area contributed by atoms with Crippen LogP contribution in [-0.4, -0.2) is 39.5 Å². The third-order valence-corrected chi connectivity index (χ3v) is 3.62. The number of aliphatic carboxylic acids is 1. The number of fused-ring (bicyclic) bond motifs is 1. The van der Waals surface area contributed by atoms with Crippen molar-refractivity contribution in [3.63, 3.8) is 0 Å². The quantitative estimate of drug-likeness (QED) is 0.494. The summed E-state index contributed by atoms with van der Waals surface area (Å²) in [5.41, 5.74) is 0.00636. The van der Waals surface area contributed by atoms with Gasteiger partial charge in [0.2, 0.25) is 0 Å². The summed E-state index contributed by atoms with van der Waals surface area (Å²) in [6.07, 6.45) is 0. The number of esters is 1. The minimum Gasteiger partial charge on any atom is -0.480 e. The Kier molecular flexibility index (Phi) is 4.59. The van der Waals surface area contributed by atoms with Gasteiger partial charge < -0.3 is 9.84 Å². The molecule has 2 rings (SSSR count). The molecule has 0 aliphatic rings. The van der Waals surface area contributed by atoms with Crippen LogP contribution >= 0.6 is 11.8 Å². The number of benzene rings is 1. The summed E-state index contributed by atoms with van der Waals surface area (Å²) < 4.78 is 5.56. The number of carboxylic acid groups (broad SMARTS) is 1. The molecule has 0 amide bonds. The second-order valence-electron chi connectivity index (χ2n) is 4.06. The first-order valence-electron chi connectivity index (χ1n) is 5.94. The molecule has 8 heteroatoms. The molecule has 0 aliphatic heterocycles.